The second-order valence-electron chi connectivity index (χ2n) is 3.39. The first-order valence-corrected chi connectivity index (χ1v) is 4.79. The Morgan fingerprint density at radius 1 is 1.57 bits per heavy atom. The van der Waals surface area contributed by atoms with Crippen LogP contribution in [0.4, 0.5) is 5.82 Å². The van der Waals surface area contributed by atoms with E-state index < -0.39 is 0 Å². The summed E-state index contributed by atoms with van der Waals surface area (Å²) >= 11 is 0. The molecule has 2 rings (SSSR count). The molecular weight excluding hydrogens is 178 g/mol. The van der Waals surface area contributed by atoms with Crippen LogP contribution in [0.2, 0.25) is 0 Å². The first-order valence-electron chi connectivity index (χ1n) is 4.79. The van der Waals surface area contributed by atoms with Crippen LogP contribution < -0.4 is 10.6 Å². The molecule has 0 unspecified atom stereocenters. The lowest BCUT2D eigenvalue weighted by Crippen LogP contribution is -2.24. The third-order valence-corrected chi connectivity index (χ3v) is 2.35. The molecular formula is C10H13N3O. The number of amides is 1. The highest BCUT2D eigenvalue weighted by molar-refractivity contribution is 5.91. The van der Waals surface area contributed by atoms with Crippen LogP contribution in [-0.2, 0) is 4.79 Å². The highest BCUT2D eigenvalue weighted by atomic mass is 16.2. The molecule has 1 aliphatic rings. The van der Waals surface area contributed by atoms with E-state index in [9.17, 15) is 4.79 Å². The fourth-order valence-electron chi connectivity index (χ4n) is 1.54. The Bertz CT molecular complexity index is 306. The molecule has 74 valence electrons. The van der Waals surface area contributed by atoms with E-state index in [1.807, 2.05) is 12.1 Å². The molecule has 0 saturated carbocycles. The summed E-state index contributed by atoms with van der Waals surface area (Å²) in [6.07, 6.45) is 2.58. The van der Waals surface area contributed by atoms with Crippen LogP contribution in [0.25, 0.3) is 0 Å². The lowest BCUT2D eigenvalue weighted by Gasteiger charge is -2.08. The molecule has 2 heterocycles. The number of pyridine rings is 1. The zero-order chi connectivity index (χ0) is 9.80. The molecule has 2 N–H and O–H groups in total. The maximum absolute atomic E-state index is 11.6. The highest BCUT2D eigenvalue weighted by Crippen LogP contribution is 2.10. The molecule has 14 heavy (non-hydrogen) atoms. The summed E-state index contributed by atoms with van der Waals surface area (Å²) in [6, 6.07) is 5.47. The summed E-state index contributed by atoms with van der Waals surface area (Å²) in [4.78, 5) is 15.7. The molecule has 1 amide bonds. The van der Waals surface area contributed by atoms with Crippen molar-refractivity contribution in [2.75, 3.05) is 18.4 Å². The quantitative estimate of drug-likeness (QED) is 0.721. The van der Waals surface area contributed by atoms with Crippen LogP contribution >= 0.6 is 0 Å². The number of carbonyl (C=O) groups is 1. The molecule has 1 fully saturated rings. The Labute approximate surface area is 82.7 Å². The van der Waals surface area contributed by atoms with Gasteiger partial charge in [-0.25, -0.2) is 4.98 Å². The van der Waals surface area contributed by atoms with Gasteiger partial charge in [0.15, 0.2) is 0 Å². The standard InChI is InChI=1S/C10H13N3O/c14-10(8-4-6-11-7-8)13-9-3-1-2-5-12-9/h1-3,5,8,11H,4,6-7H2,(H,12,13,14)/t8-/m0/s1. The van der Waals surface area contributed by atoms with Crippen molar-refractivity contribution in [3.05, 3.63) is 24.4 Å². The fourth-order valence-corrected chi connectivity index (χ4v) is 1.54. The van der Waals surface area contributed by atoms with E-state index in [1.165, 1.54) is 0 Å². The summed E-state index contributed by atoms with van der Waals surface area (Å²) in [7, 11) is 0. The van der Waals surface area contributed by atoms with Gasteiger partial charge in [-0.2, -0.15) is 0 Å². The van der Waals surface area contributed by atoms with Gasteiger partial charge in [0.1, 0.15) is 5.82 Å². The summed E-state index contributed by atoms with van der Waals surface area (Å²) in [5.41, 5.74) is 0. The normalized spacial score (nSPS) is 20.7. The number of carbonyl (C=O) groups excluding carboxylic acids is 1. The first-order chi connectivity index (χ1) is 6.86. The van der Waals surface area contributed by atoms with Crippen LogP contribution in [-0.4, -0.2) is 24.0 Å². The van der Waals surface area contributed by atoms with Crippen LogP contribution in [0.5, 0.6) is 0 Å². The first kappa shape index (κ1) is 9.15. The Morgan fingerprint density at radius 3 is 3.14 bits per heavy atom. The fraction of sp³-hybridized carbons (Fsp3) is 0.400. The smallest absolute Gasteiger partial charge is 0.229 e. The predicted octanol–water partition coefficient (Wildman–Crippen LogP) is 0.630. The molecule has 0 aliphatic carbocycles. The third kappa shape index (κ3) is 2.09. The van der Waals surface area contributed by atoms with Crippen LogP contribution in [0.1, 0.15) is 6.42 Å². The zero-order valence-electron chi connectivity index (χ0n) is 7.86. The number of rotatable bonds is 2. The van der Waals surface area contributed by atoms with Crippen molar-refractivity contribution in [1.82, 2.24) is 10.3 Å². The Kier molecular flexibility index (Phi) is 2.74. The molecule has 1 atom stereocenters. The molecule has 0 bridgehead atoms. The number of anilines is 1. The van der Waals surface area contributed by atoms with Gasteiger partial charge >= 0.3 is 0 Å². The Morgan fingerprint density at radius 2 is 2.50 bits per heavy atom. The molecule has 0 aromatic carbocycles. The maximum atomic E-state index is 11.6. The Hall–Kier alpha value is -1.42. The second kappa shape index (κ2) is 4.19. The van der Waals surface area contributed by atoms with Gasteiger partial charge in [0.25, 0.3) is 0 Å². The highest BCUT2D eigenvalue weighted by Gasteiger charge is 2.22. The minimum Gasteiger partial charge on any atom is -0.316 e. The predicted molar refractivity (Wildman–Crippen MR) is 53.8 cm³/mol. The van der Waals surface area contributed by atoms with Crippen molar-refractivity contribution >= 4 is 11.7 Å². The molecule has 4 nitrogen and oxygen atoms in total. The lowest BCUT2D eigenvalue weighted by atomic mass is 10.1. The number of hydrogen-bond acceptors (Lipinski definition) is 3. The number of aromatic nitrogens is 1. The monoisotopic (exact) mass is 191 g/mol. The molecule has 1 aliphatic heterocycles. The van der Waals surface area contributed by atoms with E-state index in [-0.39, 0.29) is 11.8 Å². The summed E-state index contributed by atoms with van der Waals surface area (Å²) in [5, 5.41) is 5.95. The minimum atomic E-state index is 0.0636. The number of nitrogens with zero attached hydrogens (tertiary/aromatic N) is 1. The van der Waals surface area contributed by atoms with Crippen molar-refractivity contribution in [3.63, 3.8) is 0 Å². The summed E-state index contributed by atoms with van der Waals surface area (Å²) in [6.45, 7) is 1.71. The maximum Gasteiger partial charge on any atom is 0.229 e. The van der Waals surface area contributed by atoms with Crippen molar-refractivity contribution in [3.8, 4) is 0 Å². The van der Waals surface area contributed by atoms with E-state index in [2.05, 4.69) is 15.6 Å². The van der Waals surface area contributed by atoms with Gasteiger partial charge in [-0.15, -0.1) is 0 Å². The molecule has 0 radical (unpaired) electrons. The second-order valence-corrected chi connectivity index (χ2v) is 3.39. The van der Waals surface area contributed by atoms with Crippen molar-refractivity contribution in [1.29, 1.82) is 0 Å². The molecule has 1 saturated heterocycles. The average Bonchev–Trinajstić information content (AvgIpc) is 2.72. The van der Waals surface area contributed by atoms with Gasteiger partial charge < -0.3 is 10.6 Å². The largest absolute Gasteiger partial charge is 0.316 e. The van der Waals surface area contributed by atoms with E-state index in [1.54, 1.807) is 12.3 Å². The van der Waals surface area contributed by atoms with E-state index in [0.29, 0.717) is 5.82 Å². The third-order valence-electron chi connectivity index (χ3n) is 2.35. The lowest BCUT2D eigenvalue weighted by molar-refractivity contribution is -0.119. The molecule has 1 aromatic heterocycles. The molecule has 4 heteroatoms. The van der Waals surface area contributed by atoms with Gasteiger partial charge in [0.05, 0.1) is 5.92 Å². The summed E-state index contributed by atoms with van der Waals surface area (Å²) in [5.74, 6) is 0.787. The van der Waals surface area contributed by atoms with Gasteiger partial charge in [-0.05, 0) is 25.1 Å². The average molecular weight is 191 g/mol. The van der Waals surface area contributed by atoms with Crippen LogP contribution in [0.3, 0.4) is 0 Å². The van der Waals surface area contributed by atoms with Crippen molar-refractivity contribution in [2.24, 2.45) is 5.92 Å². The van der Waals surface area contributed by atoms with Crippen LogP contribution in [0, 0.1) is 5.92 Å². The summed E-state index contributed by atoms with van der Waals surface area (Å²) < 4.78 is 0. The SMILES string of the molecule is O=C(Nc1ccccn1)[C@H]1CCNC1. The number of hydrogen-bond donors (Lipinski definition) is 2. The van der Waals surface area contributed by atoms with Crippen LogP contribution in [0.15, 0.2) is 24.4 Å². The van der Waals surface area contributed by atoms with Gasteiger partial charge in [0, 0.05) is 12.7 Å². The van der Waals surface area contributed by atoms with Crippen molar-refractivity contribution < 1.29 is 4.79 Å². The van der Waals surface area contributed by atoms with Gasteiger partial charge in [-0.1, -0.05) is 6.07 Å². The molecule has 0 spiro atoms. The molecule has 1 aromatic rings. The van der Waals surface area contributed by atoms with E-state index >= 15 is 0 Å². The van der Waals surface area contributed by atoms with Gasteiger partial charge in [-0.3, -0.25) is 4.79 Å². The topological polar surface area (TPSA) is 54.0 Å². The Balaban J connectivity index is 1.94. The van der Waals surface area contributed by atoms with E-state index in [4.69, 9.17) is 0 Å². The number of nitrogens with one attached hydrogen (secondary N) is 2. The van der Waals surface area contributed by atoms with Gasteiger partial charge in [0.2, 0.25) is 5.91 Å². The van der Waals surface area contributed by atoms with E-state index in [0.717, 1.165) is 19.5 Å². The zero-order valence-corrected chi connectivity index (χ0v) is 7.86. The van der Waals surface area contributed by atoms with Crippen molar-refractivity contribution in [2.45, 2.75) is 6.42 Å². The minimum absolute atomic E-state index is 0.0636.